The third-order valence-corrected chi connectivity index (χ3v) is 9.13. The van der Waals surface area contributed by atoms with Crippen LogP contribution in [0.1, 0.15) is 78.6 Å². The Hall–Kier alpha value is -0.370. The van der Waals surface area contributed by atoms with Crippen molar-refractivity contribution in [2.24, 2.45) is 40.4 Å². The van der Waals surface area contributed by atoms with E-state index in [1.807, 2.05) is 6.92 Å². The second-order valence-corrected chi connectivity index (χ2v) is 9.87. The number of rotatable bonds is 1. The molecule has 0 saturated heterocycles. The lowest BCUT2D eigenvalue weighted by Gasteiger charge is -2.60. The molecule has 0 amide bonds. The van der Waals surface area contributed by atoms with Gasteiger partial charge in [0.2, 0.25) is 0 Å². The molecule has 4 rings (SSSR count). The molecule has 1 N–H and O–H groups in total. The van der Waals surface area contributed by atoms with Gasteiger partial charge >= 0.3 is 0 Å². The summed E-state index contributed by atoms with van der Waals surface area (Å²) in [7, 11) is 0. The minimum Gasteiger partial charge on any atom is -0.393 e. The third-order valence-electron chi connectivity index (χ3n) is 9.13. The van der Waals surface area contributed by atoms with Crippen molar-refractivity contribution in [1.29, 1.82) is 0 Å². The summed E-state index contributed by atoms with van der Waals surface area (Å²) in [6.07, 6.45) is 10.9. The van der Waals surface area contributed by atoms with Crippen molar-refractivity contribution in [3.8, 4) is 0 Å². The maximum atomic E-state index is 12.2. The quantitative estimate of drug-likeness (QED) is 0.767. The van der Waals surface area contributed by atoms with Crippen molar-refractivity contribution in [3.05, 3.63) is 0 Å². The minimum absolute atomic E-state index is 0.0490. The van der Waals surface area contributed by atoms with E-state index < -0.39 is 0 Å². The van der Waals surface area contributed by atoms with E-state index in [1.54, 1.807) is 0 Å². The summed E-state index contributed by atoms with van der Waals surface area (Å²) in [5.41, 5.74) is 0.738. The first-order valence-electron chi connectivity index (χ1n) is 10.0. The van der Waals surface area contributed by atoms with Crippen molar-refractivity contribution in [2.45, 2.75) is 84.7 Å². The first-order valence-corrected chi connectivity index (χ1v) is 10.0. The summed E-state index contributed by atoms with van der Waals surface area (Å²) < 4.78 is 0. The molecule has 0 radical (unpaired) electrons. The fourth-order valence-electron chi connectivity index (χ4n) is 7.90. The molecule has 8 atom stereocenters. The molecule has 0 spiro atoms. The molecule has 0 bridgehead atoms. The summed E-state index contributed by atoms with van der Waals surface area (Å²) in [6.45, 7) is 6.80. The molecule has 0 aromatic heterocycles. The Morgan fingerprint density at radius 3 is 2.35 bits per heavy atom. The molecular formula is C21H34O2. The molecule has 4 fully saturated rings. The number of Topliss-reactive ketones (excluding diaryl/α,β-unsaturated/α-hetero) is 1. The highest BCUT2D eigenvalue weighted by atomic mass is 16.3. The van der Waals surface area contributed by atoms with Crippen molar-refractivity contribution in [2.75, 3.05) is 0 Å². The van der Waals surface area contributed by atoms with Crippen LogP contribution in [0, 0.1) is 40.4 Å². The highest BCUT2D eigenvalue weighted by Crippen LogP contribution is 2.67. The molecule has 2 heteroatoms. The number of carbonyl (C=O) groups is 1. The van der Waals surface area contributed by atoms with Gasteiger partial charge < -0.3 is 5.11 Å². The molecule has 4 aliphatic rings. The number of fused-ring (bicyclic) bond motifs is 5. The van der Waals surface area contributed by atoms with Crippen LogP contribution in [0.15, 0.2) is 0 Å². The topological polar surface area (TPSA) is 37.3 Å². The highest BCUT2D eigenvalue weighted by Gasteiger charge is 2.60. The summed E-state index contributed by atoms with van der Waals surface area (Å²) in [4.78, 5) is 12.2. The van der Waals surface area contributed by atoms with E-state index in [0.29, 0.717) is 17.1 Å². The molecule has 4 aliphatic carbocycles. The third kappa shape index (κ3) is 2.19. The van der Waals surface area contributed by atoms with Gasteiger partial charge in [-0.05, 0) is 99.2 Å². The number of aliphatic hydroxyl groups is 1. The molecular weight excluding hydrogens is 284 g/mol. The van der Waals surface area contributed by atoms with Crippen molar-refractivity contribution < 1.29 is 9.90 Å². The van der Waals surface area contributed by atoms with E-state index in [-0.39, 0.29) is 11.5 Å². The van der Waals surface area contributed by atoms with Gasteiger partial charge in [-0.2, -0.15) is 0 Å². The van der Waals surface area contributed by atoms with Gasteiger partial charge in [0, 0.05) is 5.92 Å². The minimum atomic E-state index is -0.0490. The van der Waals surface area contributed by atoms with Gasteiger partial charge in [-0.15, -0.1) is 0 Å². The SMILES string of the molecule is CC(=O)C1CCC2[C@H]3CCC4C[C@H](O)CCC4(C)C3CCC12C. The fraction of sp³-hybridized carbons (Fsp3) is 0.952. The average Bonchev–Trinajstić information content (AvgIpc) is 2.85. The predicted molar refractivity (Wildman–Crippen MR) is 91.9 cm³/mol. The number of aliphatic hydroxyl groups excluding tert-OH is 1. The van der Waals surface area contributed by atoms with Gasteiger partial charge in [0.15, 0.2) is 0 Å². The standard InChI is InChI=1S/C21H34O2/c1-13(22)17-6-7-18-16-5-4-14-12-15(23)8-10-20(14,2)19(16)9-11-21(17,18)3/h14-19,23H,4-12H2,1-3H3/t14?,15-,16-,17?,18?,19?,20?,21?/m1/s1. The van der Waals surface area contributed by atoms with Gasteiger partial charge in [0.05, 0.1) is 6.10 Å². The van der Waals surface area contributed by atoms with Crippen LogP contribution < -0.4 is 0 Å². The molecule has 0 aromatic rings. The number of hydrogen-bond donors (Lipinski definition) is 1. The molecule has 4 saturated carbocycles. The molecule has 0 aromatic carbocycles. The van der Waals surface area contributed by atoms with Crippen molar-refractivity contribution in [1.82, 2.24) is 0 Å². The largest absolute Gasteiger partial charge is 0.393 e. The van der Waals surface area contributed by atoms with Crippen LogP contribution in [0.3, 0.4) is 0 Å². The normalized spacial score (nSPS) is 55.7. The van der Waals surface area contributed by atoms with Crippen LogP contribution >= 0.6 is 0 Å². The Morgan fingerprint density at radius 1 is 0.913 bits per heavy atom. The van der Waals surface area contributed by atoms with Crippen LogP contribution in [0.4, 0.5) is 0 Å². The second-order valence-electron chi connectivity index (χ2n) is 9.87. The number of ketones is 1. The smallest absolute Gasteiger partial charge is 0.133 e. The van der Waals surface area contributed by atoms with E-state index in [2.05, 4.69) is 13.8 Å². The molecule has 130 valence electrons. The van der Waals surface area contributed by atoms with Crippen molar-refractivity contribution >= 4 is 5.78 Å². The molecule has 6 unspecified atom stereocenters. The number of carbonyl (C=O) groups excluding carboxylic acids is 1. The molecule has 0 heterocycles. The molecule has 23 heavy (non-hydrogen) atoms. The summed E-state index contributed by atoms with van der Waals surface area (Å²) in [6, 6.07) is 0. The lowest BCUT2D eigenvalue weighted by Crippen LogP contribution is -2.54. The predicted octanol–water partition coefficient (Wildman–Crippen LogP) is 4.60. The zero-order valence-corrected chi connectivity index (χ0v) is 15.2. The summed E-state index contributed by atoms with van der Waals surface area (Å²) in [5, 5.41) is 10.1. The zero-order chi connectivity index (χ0) is 16.4. The van der Waals surface area contributed by atoms with Gasteiger partial charge in [-0.1, -0.05) is 13.8 Å². The van der Waals surface area contributed by atoms with Gasteiger partial charge in [-0.25, -0.2) is 0 Å². The van der Waals surface area contributed by atoms with Crippen LogP contribution in [0.25, 0.3) is 0 Å². The molecule has 0 aliphatic heterocycles. The second kappa shape index (κ2) is 5.31. The Bertz CT molecular complexity index is 500. The molecule has 2 nitrogen and oxygen atoms in total. The van der Waals surface area contributed by atoms with E-state index >= 15 is 0 Å². The van der Waals surface area contributed by atoms with Gasteiger partial charge in [0.1, 0.15) is 5.78 Å². The Labute approximate surface area is 141 Å². The maximum absolute atomic E-state index is 12.2. The maximum Gasteiger partial charge on any atom is 0.133 e. The van der Waals surface area contributed by atoms with Crippen LogP contribution in [0.5, 0.6) is 0 Å². The van der Waals surface area contributed by atoms with Gasteiger partial charge in [-0.3, -0.25) is 4.79 Å². The highest BCUT2D eigenvalue weighted by molar-refractivity contribution is 5.79. The van der Waals surface area contributed by atoms with E-state index in [0.717, 1.165) is 42.9 Å². The number of hydrogen-bond acceptors (Lipinski definition) is 2. The zero-order valence-electron chi connectivity index (χ0n) is 15.2. The van der Waals surface area contributed by atoms with Crippen molar-refractivity contribution in [3.63, 3.8) is 0 Å². The first-order chi connectivity index (χ1) is 10.9. The van der Waals surface area contributed by atoms with Crippen LogP contribution in [-0.4, -0.2) is 17.0 Å². The Balaban J connectivity index is 1.61. The fourth-order valence-corrected chi connectivity index (χ4v) is 7.90. The first kappa shape index (κ1) is 16.1. The van der Waals surface area contributed by atoms with Crippen LogP contribution in [0.2, 0.25) is 0 Å². The summed E-state index contributed by atoms with van der Waals surface area (Å²) >= 11 is 0. The summed E-state index contributed by atoms with van der Waals surface area (Å²) in [5.74, 6) is 3.97. The van der Waals surface area contributed by atoms with Gasteiger partial charge in [0.25, 0.3) is 0 Å². The van der Waals surface area contributed by atoms with E-state index in [4.69, 9.17) is 0 Å². The monoisotopic (exact) mass is 318 g/mol. The Kier molecular flexibility index (Phi) is 3.72. The lowest BCUT2D eigenvalue weighted by molar-refractivity contribution is -0.138. The van der Waals surface area contributed by atoms with E-state index in [1.165, 1.54) is 38.5 Å². The lowest BCUT2D eigenvalue weighted by atomic mass is 9.44. The Morgan fingerprint density at radius 2 is 1.61 bits per heavy atom. The van der Waals surface area contributed by atoms with Crippen LogP contribution in [-0.2, 0) is 4.79 Å². The average molecular weight is 319 g/mol. The van der Waals surface area contributed by atoms with E-state index in [9.17, 15) is 9.90 Å².